The lowest BCUT2D eigenvalue weighted by Gasteiger charge is -2.17. The van der Waals surface area contributed by atoms with Gasteiger partial charge in [0.25, 0.3) is 5.91 Å². The number of fused-ring (bicyclic) bond motifs is 2. The van der Waals surface area contributed by atoms with Gasteiger partial charge in [-0.05, 0) is 59.7 Å². The highest BCUT2D eigenvalue weighted by Gasteiger charge is 2.38. The smallest absolute Gasteiger partial charge is 0.253 e. The number of carbonyl (C=O) groups is 1. The summed E-state index contributed by atoms with van der Waals surface area (Å²) in [6.45, 7) is 1.92. The lowest BCUT2D eigenvalue weighted by molar-refractivity contribution is 0.0781. The second-order valence-corrected chi connectivity index (χ2v) is 7.28. The summed E-state index contributed by atoms with van der Waals surface area (Å²) < 4.78 is 1.07. The molecule has 2 fully saturated rings. The maximum atomic E-state index is 12.7. The minimum atomic E-state index is 0.203. The zero-order valence-electron chi connectivity index (χ0n) is 11.9. The van der Waals surface area contributed by atoms with Gasteiger partial charge in [-0.3, -0.25) is 4.79 Å². The lowest BCUT2D eigenvalue weighted by atomic mass is 10.0. The SMILES string of the molecule is O=C(c1ccc2cc(Br)ccc2c1)N1CC2CCCC2C1. The maximum Gasteiger partial charge on any atom is 0.253 e. The first-order valence-corrected chi connectivity index (χ1v) is 8.48. The van der Waals surface area contributed by atoms with Crippen LogP contribution in [0.5, 0.6) is 0 Å². The number of nitrogens with zero attached hydrogens (tertiary/aromatic N) is 1. The van der Waals surface area contributed by atoms with Crippen molar-refractivity contribution in [2.75, 3.05) is 13.1 Å². The molecule has 3 heteroatoms. The van der Waals surface area contributed by atoms with Crippen molar-refractivity contribution in [3.63, 3.8) is 0 Å². The molecule has 1 aliphatic heterocycles. The van der Waals surface area contributed by atoms with Crippen molar-refractivity contribution in [3.05, 3.63) is 46.4 Å². The molecule has 1 saturated carbocycles. The number of hydrogen-bond acceptors (Lipinski definition) is 1. The summed E-state index contributed by atoms with van der Waals surface area (Å²) in [5, 5.41) is 2.29. The third-order valence-corrected chi connectivity index (χ3v) is 5.56. The molecule has 108 valence electrons. The maximum absolute atomic E-state index is 12.7. The van der Waals surface area contributed by atoms with Crippen LogP contribution in [0.2, 0.25) is 0 Å². The molecule has 0 aromatic heterocycles. The average molecular weight is 344 g/mol. The molecule has 0 radical (unpaired) electrons. The topological polar surface area (TPSA) is 20.3 Å². The zero-order valence-corrected chi connectivity index (χ0v) is 13.5. The molecule has 1 heterocycles. The Morgan fingerprint density at radius 3 is 2.43 bits per heavy atom. The second kappa shape index (κ2) is 5.13. The van der Waals surface area contributed by atoms with E-state index in [1.165, 1.54) is 24.6 Å². The predicted octanol–water partition coefficient (Wildman–Crippen LogP) is 4.47. The van der Waals surface area contributed by atoms with Crippen molar-refractivity contribution in [2.24, 2.45) is 11.8 Å². The summed E-state index contributed by atoms with van der Waals surface area (Å²) in [6, 6.07) is 12.2. The van der Waals surface area contributed by atoms with E-state index < -0.39 is 0 Å². The molecular formula is C18H18BrNO. The zero-order chi connectivity index (χ0) is 14.4. The molecule has 0 spiro atoms. The fourth-order valence-electron chi connectivity index (χ4n) is 3.93. The highest BCUT2D eigenvalue weighted by Crippen LogP contribution is 2.38. The van der Waals surface area contributed by atoms with Gasteiger partial charge in [0.05, 0.1) is 0 Å². The van der Waals surface area contributed by atoms with E-state index in [9.17, 15) is 4.79 Å². The molecule has 1 saturated heterocycles. The van der Waals surface area contributed by atoms with Crippen molar-refractivity contribution in [2.45, 2.75) is 19.3 Å². The van der Waals surface area contributed by atoms with E-state index >= 15 is 0 Å². The molecule has 2 aromatic carbocycles. The fraction of sp³-hybridized carbons (Fsp3) is 0.389. The lowest BCUT2D eigenvalue weighted by Crippen LogP contribution is -2.29. The molecule has 2 unspecified atom stereocenters. The van der Waals surface area contributed by atoms with Crippen LogP contribution in [-0.2, 0) is 0 Å². The predicted molar refractivity (Wildman–Crippen MR) is 88.4 cm³/mol. The Balaban J connectivity index is 1.61. The number of benzene rings is 2. The second-order valence-electron chi connectivity index (χ2n) is 6.37. The Hall–Kier alpha value is -1.35. The molecule has 1 amide bonds. The van der Waals surface area contributed by atoms with Crippen LogP contribution in [-0.4, -0.2) is 23.9 Å². The number of carbonyl (C=O) groups excluding carboxylic acids is 1. The van der Waals surface area contributed by atoms with E-state index in [2.05, 4.69) is 33.0 Å². The van der Waals surface area contributed by atoms with E-state index in [4.69, 9.17) is 0 Å². The molecular weight excluding hydrogens is 326 g/mol. The number of halogens is 1. The Labute approximate surface area is 133 Å². The monoisotopic (exact) mass is 343 g/mol. The third-order valence-electron chi connectivity index (χ3n) is 5.06. The average Bonchev–Trinajstić information content (AvgIpc) is 3.07. The van der Waals surface area contributed by atoms with E-state index in [0.717, 1.165) is 40.3 Å². The summed E-state index contributed by atoms with van der Waals surface area (Å²) in [6.07, 6.45) is 3.96. The van der Waals surface area contributed by atoms with Gasteiger partial charge in [0.2, 0.25) is 0 Å². The van der Waals surface area contributed by atoms with Gasteiger partial charge in [-0.15, -0.1) is 0 Å². The number of likely N-dealkylation sites (tertiary alicyclic amines) is 1. The van der Waals surface area contributed by atoms with Gasteiger partial charge in [-0.1, -0.05) is 34.5 Å². The van der Waals surface area contributed by atoms with Crippen LogP contribution in [0, 0.1) is 11.8 Å². The largest absolute Gasteiger partial charge is 0.338 e. The molecule has 21 heavy (non-hydrogen) atoms. The minimum absolute atomic E-state index is 0.203. The van der Waals surface area contributed by atoms with Gasteiger partial charge in [-0.2, -0.15) is 0 Å². The Morgan fingerprint density at radius 2 is 1.67 bits per heavy atom. The van der Waals surface area contributed by atoms with Crippen LogP contribution in [0.25, 0.3) is 10.8 Å². The highest BCUT2D eigenvalue weighted by molar-refractivity contribution is 9.10. The van der Waals surface area contributed by atoms with Gasteiger partial charge < -0.3 is 4.90 Å². The molecule has 2 aliphatic rings. The van der Waals surface area contributed by atoms with Crippen LogP contribution >= 0.6 is 15.9 Å². The highest BCUT2D eigenvalue weighted by atomic mass is 79.9. The van der Waals surface area contributed by atoms with Crippen molar-refractivity contribution >= 4 is 32.6 Å². The summed E-state index contributed by atoms with van der Waals surface area (Å²) in [7, 11) is 0. The first-order chi connectivity index (χ1) is 10.2. The molecule has 2 atom stereocenters. The van der Waals surface area contributed by atoms with Crippen molar-refractivity contribution in [1.29, 1.82) is 0 Å². The van der Waals surface area contributed by atoms with Crippen LogP contribution < -0.4 is 0 Å². The van der Waals surface area contributed by atoms with E-state index in [1.807, 2.05) is 24.3 Å². The van der Waals surface area contributed by atoms with Crippen molar-refractivity contribution < 1.29 is 4.79 Å². The Bertz CT molecular complexity index is 699. The van der Waals surface area contributed by atoms with E-state index in [1.54, 1.807) is 0 Å². The van der Waals surface area contributed by atoms with Gasteiger partial charge in [0.1, 0.15) is 0 Å². The van der Waals surface area contributed by atoms with Crippen LogP contribution in [0.1, 0.15) is 29.6 Å². The minimum Gasteiger partial charge on any atom is -0.338 e. The standard InChI is InChI=1S/C18H18BrNO/c19-17-7-6-12-8-14(5-4-13(12)9-17)18(21)20-10-15-2-1-3-16(15)11-20/h4-9,15-16H,1-3,10-11H2. The number of rotatable bonds is 1. The van der Waals surface area contributed by atoms with E-state index in [0.29, 0.717) is 0 Å². The third kappa shape index (κ3) is 2.38. The molecule has 1 aliphatic carbocycles. The van der Waals surface area contributed by atoms with Gasteiger partial charge in [0.15, 0.2) is 0 Å². The van der Waals surface area contributed by atoms with Crippen LogP contribution in [0.4, 0.5) is 0 Å². The molecule has 0 bridgehead atoms. The van der Waals surface area contributed by atoms with Crippen molar-refractivity contribution in [1.82, 2.24) is 4.90 Å². The van der Waals surface area contributed by atoms with Crippen molar-refractivity contribution in [3.8, 4) is 0 Å². The summed E-state index contributed by atoms with van der Waals surface area (Å²) >= 11 is 3.49. The normalized spacial score (nSPS) is 24.5. The summed E-state index contributed by atoms with van der Waals surface area (Å²) in [5.41, 5.74) is 0.824. The van der Waals surface area contributed by atoms with Crippen LogP contribution in [0.3, 0.4) is 0 Å². The molecule has 2 aromatic rings. The summed E-state index contributed by atoms with van der Waals surface area (Å²) in [4.78, 5) is 14.8. The molecule has 2 nitrogen and oxygen atoms in total. The quantitative estimate of drug-likeness (QED) is 0.747. The first-order valence-electron chi connectivity index (χ1n) is 7.69. The van der Waals surface area contributed by atoms with Gasteiger partial charge in [0, 0.05) is 23.1 Å². The Morgan fingerprint density at radius 1 is 1.00 bits per heavy atom. The van der Waals surface area contributed by atoms with Crippen LogP contribution in [0.15, 0.2) is 40.9 Å². The number of amides is 1. The fourth-order valence-corrected chi connectivity index (χ4v) is 4.31. The summed E-state index contributed by atoms with van der Waals surface area (Å²) in [5.74, 6) is 1.71. The van der Waals surface area contributed by atoms with Gasteiger partial charge >= 0.3 is 0 Å². The molecule has 4 rings (SSSR count). The Kier molecular flexibility index (Phi) is 3.26. The van der Waals surface area contributed by atoms with E-state index in [-0.39, 0.29) is 5.91 Å². The van der Waals surface area contributed by atoms with Gasteiger partial charge in [-0.25, -0.2) is 0 Å². The molecule has 0 N–H and O–H groups in total. The first kappa shape index (κ1) is 13.3. The number of hydrogen-bond donors (Lipinski definition) is 0.